The first-order valence-corrected chi connectivity index (χ1v) is 11.3. The maximum atomic E-state index is 12.8. The van der Waals surface area contributed by atoms with E-state index < -0.39 is 0 Å². The normalized spacial score (nSPS) is 21.1. The molecule has 1 saturated heterocycles. The van der Waals surface area contributed by atoms with E-state index in [2.05, 4.69) is 23.6 Å². The first-order chi connectivity index (χ1) is 15.1. The number of hydrogen-bond donors (Lipinski definition) is 1. The van der Waals surface area contributed by atoms with E-state index in [1.54, 1.807) is 28.5 Å². The molecule has 2 aromatic rings. The average Bonchev–Trinajstić information content (AvgIpc) is 3.05. The van der Waals surface area contributed by atoms with Crippen LogP contribution < -0.4 is 10.4 Å². The maximum absolute atomic E-state index is 12.8. The second-order valence-electron chi connectivity index (χ2n) is 8.64. The van der Waals surface area contributed by atoms with Gasteiger partial charge in [-0.05, 0) is 67.8 Å². The molecule has 2 unspecified atom stereocenters. The third-order valence-corrected chi connectivity index (χ3v) is 6.71. The molecular weight excluding hydrogens is 390 g/mol. The van der Waals surface area contributed by atoms with E-state index in [0.29, 0.717) is 25.0 Å². The van der Waals surface area contributed by atoms with Crippen LogP contribution >= 0.6 is 0 Å². The molecule has 1 fully saturated rings. The quantitative estimate of drug-likeness (QED) is 0.517. The van der Waals surface area contributed by atoms with E-state index >= 15 is 0 Å². The van der Waals surface area contributed by atoms with Gasteiger partial charge in [-0.3, -0.25) is 14.0 Å². The van der Waals surface area contributed by atoms with Gasteiger partial charge in [-0.1, -0.05) is 30.9 Å². The van der Waals surface area contributed by atoms with E-state index in [1.807, 2.05) is 18.2 Å². The second kappa shape index (κ2) is 9.60. The van der Waals surface area contributed by atoms with Crippen molar-refractivity contribution in [3.05, 3.63) is 70.8 Å². The first-order valence-electron chi connectivity index (χ1n) is 11.3. The number of methoxy groups -OCH3 is 1. The van der Waals surface area contributed by atoms with Gasteiger partial charge in [-0.15, -0.1) is 0 Å². The van der Waals surface area contributed by atoms with Crippen molar-refractivity contribution in [3.63, 3.8) is 0 Å². The molecule has 0 amide bonds. The molecule has 2 aliphatic rings. The number of aromatic hydroxyl groups is 1. The molecular formula is C25H33N3O3. The van der Waals surface area contributed by atoms with E-state index in [0.717, 1.165) is 50.9 Å². The molecule has 0 aliphatic carbocycles. The number of aryl methyl sites for hydroxylation is 1. The predicted octanol–water partition coefficient (Wildman–Crippen LogP) is 3.90. The summed E-state index contributed by atoms with van der Waals surface area (Å²) in [6.45, 7) is 6.94. The van der Waals surface area contributed by atoms with Crippen LogP contribution in [0.25, 0.3) is 0 Å². The molecule has 0 spiro atoms. The van der Waals surface area contributed by atoms with Crippen LogP contribution in [0.5, 0.6) is 11.6 Å². The van der Waals surface area contributed by atoms with Crippen LogP contribution in [-0.4, -0.2) is 39.3 Å². The predicted molar refractivity (Wildman–Crippen MR) is 123 cm³/mol. The number of allylic oxidation sites excluding steroid dienone is 3. The van der Waals surface area contributed by atoms with Crippen molar-refractivity contribution >= 4 is 0 Å². The van der Waals surface area contributed by atoms with Crippen LogP contribution in [0.1, 0.15) is 42.9 Å². The van der Waals surface area contributed by atoms with Crippen molar-refractivity contribution in [3.8, 4) is 11.6 Å². The van der Waals surface area contributed by atoms with Crippen molar-refractivity contribution in [2.75, 3.05) is 20.2 Å². The van der Waals surface area contributed by atoms with Crippen molar-refractivity contribution in [2.45, 2.75) is 51.2 Å². The molecule has 4 rings (SSSR count). The minimum atomic E-state index is -0.110. The Bertz CT molecular complexity index is 1000. The Labute approximate surface area is 184 Å². The standard InChI is InChI=1S/C25H33N3O3/c1-3-4-5-6-7-12-27-18-24(29)28(25(27)30)17-19-10-13-26-14-11-20-16-21(31-2)8-9-22(20)23(26)15-19/h3-5,8-9,16,18-19,23,29H,1,6-7,10-15,17H2,2H3. The van der Waals surface area contributed by atoms with Crippen molar-refractivity contribution in [2.24, 2.45) is 5.92 Å². The van der Waals surface area contributed by atoms with Gasteiger partial charge in [0.25, 0.3) is 0 Å². The lowest BCUT2D eigenvalue weighted by Crippen LogP contribution is -2.42. The highest BCUT2D eigenvalue weighted by Crippen LogP contribution is 2.40. The minimum Gasteiger partial charge on any atom is -0.497 e. The van der Waals surface area contributed by atoms with E-state index in [9.17, 15) is 9.90 Å². The van der Waals surface area contributed by atoms with Crippen molar-refractivity contribution in [1.29, 1.82) is 0 Å². The fraction of sp³-hybridized carbons (Fsp3) is 0.480. The Morgan fingerprint density at radius 3 is 3.00 bits per heavy atom. The summed E-state index contributed by atoms with van der Waals surface area (Å²) in [5, 5.41) is 10.4. The van der Waals surface area contributed by atoms with E-state index in [1.165, 1.54) is 11.1 Å². The topological polar surface area (TPSA) is 59.6 Å². The zero-order chi connectivity index (χ0) is 21.8. The molecule has 1 N–H and O–H groups in total. The number of nitrogens with zero attached hydrogens (tertiary/aromatic N) is 3. The smallest absolute Gasteiger partial charge is 0.331 e. The Balaban J connectivity index is 1.44. The third kappa shape index (κ3) is 4.64. The van der Waals surface area contributed by atoms with Crippen LogP contribution in [0.15, 0.2) is 54.0 Å². The molecule has 1 aromatic carbocycles. The highest BCUT2D eigenvalue weighted by Gasteiger charge is 2.34. The average molecular weight is 424 g/mol. The largest absolute Gasteiger partial charge is 0.497 e. The molecule has 6 nitrogen and oxygen atoms in total. The number of ether oxygens (including phenoxy) is 1. The monoisotopic (exact) mass is 423 g/mol. The van der Waals surface area contributed by atoms with Gasteiger partial charge in [0, 0.05) is 25.7 Å². The van der Waals surface area contributed by atoms with Gasteiger partial charge < -0.3 is 9.84 Å². The molecule has 2 aliphatic heterocycles. The summed E-state index contributed by atoms with van der Waals surface area (Å²) < 4.78 is 8.59. The lowest BCUT2D eigenvalue weighted by molar-refractivity contribution is 0.0945. The van der Waals surface area contributed by atoms with Gasteiger partial charge in [0.1, 0.15) is 5.75 Å². The Kier molecular flexibility index (Phi) is 6.66. The number of unbranched alkanes of at least 4 members (excludes halogenated alkanes) is 1. The number of rotatable bonds is 8. The zero-order valence-electron chi connectivity index (χ0n) is 18.4. The van der Waals surface area contributed by atoms with Crippen LogP contribution in [0.3, 0.4) is 0 Å². The summed E-state index contributed by atoms with van der Waals surface area (Å²) >= 11 is 0. The third-order valence-electron chi connectivity index (χ3n) is 6.71. The maximum Gasteiger partial charge on any atom is 0.331 e. The van der Waals surface area contributed by atoms with Crippen molar-refractivity contribution < 1.29 is 9.84 Å². The number of imidazole rings is 1. The molecule has 0 saturated carbocycles. The summed E-state index contributed by atoms with van der Waals surface area (Å²) in [5.41, 5.74) is 2.65. The fourth-order valence-electron chi connectivity index (χ4n) is 5.04. The lowest BCUT2D eigenvalue weighted by Gasteiger charge is -2.43. The highest BCUT2D eigenvalue weighted by atomic mass is 16.5. The van der Waals surface area contributed by atoms with Gasteiger partial charge in [0.05, 0.1) is 13.3 Å². The van der Waals surface area contributed by atoms with Gasteiger partial charge >= 0.3 is 5.69 Å². The zero-order valence-corrected chi connectivity index (χ0v) is 18.4. The SMILES string of the molecule is C=CC=CCCCn1cc(O)n(CC2CCN3CCc4cc(OC)ccc4C3C2)c1=O. The van der Waals surface area contributed by atoms with Crippen LogP contribution in [0, 0.1) is 5.92 Å². The molecule has 166 valence electrons. The Morgan fingerprint density at radius 2 is 2.19 bits per heavy atom. The Hall–Kier alpha value is -2.73. The first kappa shape index (κ1) is 21.5. The van der Waals surface area contributed by atoms with Crippen LogP contribution in [0.4, 0.5) is 0 Å². The second-order valence-corrected chi connectivity index (χ2v) is 8.64. The van der Waals surface area contributed by atoms with Gasteiger partial charge in [0.2, 0.25) is 5.88 Å². The van der Waals surface area contributed by atoms with Crippen LogP contribution in [0.2, 0.25) is 0 Å². The molecule has 0 bridgehead atoms. The Morgan fingerprint density at radius 1 is 1.32 bits per heavy atom. The lowest BCUT2D eigenvalue weighted by atomic mass is 9.82. The molecule has 6 heteroatoms. The molecule has 0 radical (unpaired) electrons. The summed E-state index contributed by atoms with van der Waals surface area (Å²) in [4.78, 5) is 15.4. The van der Waals surface area contributed by atoms with Gasteiger partial charge in [-0.2, -0.15) is 0 Å². The van der Waals surface area contributed by atoms with E-state index in [4.69, 9.17) is 4.74 Å². The van der Waals surface area contributed by atoms with Crippen molar-refractivity contribution in [1.82, 2.24) is 14.0 Å². The number of benzene rings is 1. The minimum absolute atomic E-state index is 0.0721. The van der Waals surface area contributed by atoms with Gasteiger partial charge in [-0.25, -0.2) is 4.79 Å². The molecule has 3 heterocycles. The van der Waals surface area contributed by atoms with Crippen LogP contribution in [-0.2, 0) is 19.5 Å². The summed E-state index contributed by atoms with van der Waals surface area (Å²) in [6, 6.07) is 6.79. The number of hydrogen-bond acceptors (Lipinski definition) is 4. The van der Waals surface area contributed by atoms with Gasteiger partial charge in [0.15, 0.2) is 0 Å². The molecule has 2 atom stereocenters. The molecule has 1 aromatic heterocycles. The summed E-state index contributed by atoms with van der Waals surface area (Å²) in [6.07, 6.45) is 12.1. The fourth-order valence-corrected chi connectivity index (χ4v) is 5.04. The number of fused-ring (bicyclic) bond motifs is 3. The number of aromatic nitrogens is 2. The highest BCUT2D eigenvalue weighted by molar-refractivity contribution is 5.39. The molecule has 31 heavy (non-hydrogen) atoms. The van der Waals surface area contributed by atoms with E-state index in [-0.39, 0.29) is 11.6 Å². The summed E-state index contributed by atoms with van der Waals surface area (Å²) in [7, 11) is 1.71. The summed E-state index contributed by atoms with van der Waals surface area (Å²) in [5.74, 6) is 1.35. The number of piperidine rings is 1.